The zero-order chi connectivity index (χ0) is 16.0. The Balaban J connectivity index is 1.63. The maximum Gasteiger partial charge on any atom is 0.416 e. The van der Waals surface area contributed by atoms with Crippen molar-refractivity contribution in [2.75, 3.05) is 11.9 Å². The standard InChI is InChI=1S/C18H17F3N2/c19-18(20,21)12-7-5-11(6-8-12)16-17-14(9-10-22-16)13-3-1-2-4-15(13)23-17/h1-8,14,16-17,22-23H,9-10H2. The van der Waals surface area contributed by atoms with E-state index >= 15 is 0 Å². The highest BCUT2D eigenvalue weighted by Crippen LogP contribution is 2.44. The summed E-state index contributed by atoms with van der Waals surface area (Å²) in [7, 11) is 0. The number of fused-ring (bicyclic) bond motifs is 3. The number of para-hydroxylation sites is 1. The van der Waals surface area contributed by atoms with Gasteiger partial charge in [-0.15, -0.1) is 0 Å². The third-order valence-corrected chi connectivity index (χ3v) is 4.89. The second-order valence-electron chi connectivity index (χ2n) is 6.20. The lowest BCUT2D eigenvalue weighted by atomic mass is 9.82. The lowest BCUT2D eigenvalue weighted by Crippen LogP contribution is -2.43. The molecule has 0 spiro atoms. The van der Waals surface area contributed by atoms with Crippen LogP contribution in [0.1, 0.15) is 35.1 Å². The molecular formula is C18H17F3N2. The van der Waals surface area contributed by atoms with Gasteiger partial charge in [0.25, 0.3) is 0 Å². The molecule has 5 heteroatoms. The highest BCUT2D eigenvalue weighted by molar-refractivity contribution is 5.60. The number of benzene rings is 2. The van der Waals surface area contributed by atoms with Crippen LogP contribution in [-0.4, -0.2) is 12.6 Å². The van der Waals surface area contributed by atoms with Gasteiger partial charge in [-0.2, -0.15) is 13.2 Å². The average molecular weight is 318 g/mol. The Hall–Kier alpha value is -2.01. The number of rotatable bonds is 1. The molecule has 0 amide bonds. The van der Waals surface area contributed by atoms with Gasteiger partial charge in [0.15, 0.2) is 0 Å². The minimum Gasteiger partial charge on any atom is -0.380 e. The van der Waals surface area contributed by atoms with Crippen LogP contribution in [0.4, 0.5) is 18.9 Å². The van der Waals surface area contributed by atoms with E-state index in [0.717, 1.165) is 24.2 Å². The molecule has 23 heavy (non-hydrogen) atoms. The Morgan fingerprint density at radius 2 is 1.70 bits per heavy atom. The first-order chi connectivity index (χ1) is 11.0. The fourth-order valence-electron chi connectivity index (χ4n) is 3.80. The molecule has 0 aliphatic carbocycles. The van der Waals surface area contributed by atoms with Gasteiger partial charge in [0.1, 0.15) is 0 Å². The average Bonchev–Trinajstić information content (AvgIpc) is 2.93. The summed E-state index contributed by atoms with van der Waals surface area (Å²) in [4.78, 5) is 0. The fraction of sp³-hybridized carbons (Fsp3) is 0.333. The SMILES string of the molecule is FC(F)(F)c1ccc(C2NCCC3c4ccccc4NC32)cc1. The molecule has 2 aliphatic heterocycles. The van der Waals surface area contributed by atoms with Crippen LogP contribution in [-0.2, 0) is 6.18 Å². The van der Waals surface area contributed by atoms with E-state index in [-0.39, 0.29) is 12.1 Å². The fourth-order valence-corrected chi connectivity index (χ4v) is 3.80. The molecule has 0 aromatic heterocycles. The van der Waals surface area contributed by atoms with Crippen LogP contribution in [0.2, 0.25) is 0 Å². The number of piperidine rings is 1. The number of nitrogens with one attached hydrogen (secondary N) is 2. The highest BCUT2D eigenvalue weighted by Gasteiger charge is 2.40. The molecule has 1 saturated heterocycles. The molecule has 2 aliphatic rings. The summed E-state index contributed by atoms with van der Waals surface area (Å²) < 4.78 is 38.2. The third kappa shape index (κ3) is 2.49. The number of alkyl halides is 3. The van der Waals surface area contributed by atoms with Crippen LogP contribution in [0.15, 0.2) is 48.5 Å². The first kappa shape index (κ1) is 14.6. The maximum atomic E-state index is 12.7. The topological polar surface area (TPSA) is 24.1 Å². The monoisotopic (exact) mass is 318 g/mol. The van der Waals surface area contributed by atoms with E-state index in [1.54, 1.807) is 12.1 Å². The van der Waals surface area contributed by atoms with Crippen LogP contribution >= 0.6 is 0 Å². The van der Waals surface area contributed by atoms with Crippen molar-refractivity contribution in [1.82, 2.24) is 5.32 Å². The van der Waals surface area contributed by atoms with E-state index in [1.807, 2.05) is 12.1 Å². The quantitative estimate of drug-likeness (QED) is 0.818. The molecule has 2 aromatic carbocycles. The Kier molecular flexibility index (Phi) is 3.34. The molecule has 0 saturated carbocycles. The van der Waals surface area contributed by atoms with E-state index in [9.17, 15) is 13.2 Å². The molecule has 2 nitrogen and oxygen atoms in total. The summed E-state index contributed by atoms with van der Waals surface area (Å²) in [6.45, 7) is 0.864. The van der Waals surface area contributed by atoms with Gasteiger partial charge >= 0.3 is 6.18 Å². The Morgan fingerprint density at radius 3 is 2.43 bits per heavy atom. The molecule has 0 radical (unpaired) electrons. The van der Waals surface area contributed by atoms with Gasteiger partial charge in [-0.05, 0) is 42.3 Å². The summed E-state index contributed by atoms with van der Waals surface area (Å²) >= 11 is 0. The minimum atomic E-state index is -4.29. The number of hydrogen-bond donors (Lipinski definition) is 2. The summed E-state index contributed by atoms with van der Waals surface area (Å²) in [5, 5.41) is 7.00. The number of hydrogen-bond acceptors (Lipinski definition) is 2. The zero-order valence-electron chi connectivity index (χ0n) is 12.4. The van der Waals surface area contributed by atoms with E-state index in [1.165, 1.54) is 17.7 Å². The van der Waals surface area contributed by atoms with Gasteiger partial charge in [0.05, 0.1) is 17.6 Å². The van der Waals surface area contributed by atoms with Crippen molar-refractivity contribution in [3.8, 4) is 0 Å². The first-order valence-corrected chi connectivity index (χ1v) is 7.80. The summed E-state index contributed by atoms with van der Waals surface area (Å²) in [5.41, 5.74) is 2.75. The predicted molar refractivity (Wildman–Crippen MR) is 83.4 cm³/mol. The van der Waals surface area contributed by atoms with Gasteiger partial charge in [-0.25, -0.2) is 0 Å². The van der Waals surface area contributed by atoms with Gasteiger partial charge in [0, 0.05) is 11.6 Å². The molecular weight excluding hydrogens is 301 g/mol. The number of halogens is 3. The van der Waals surface area contributed by atoms with E-state index in [2.05, 4.69) is 22.8 Å². The number of anilines is 1. The Morgan fingerprint density at radius 1 is 0.957 bits per heavy atom. The molecule has 0 bridgehead atoms. The second-order valence-corrected chi connectivity index (χ2v) is 6.20. The summed E-state index contributed by atoms with van der Waals surface area (Å²) in [6.07, 6.45) is -3.26. The third-order valence-electron chi connectivity index (χ3n) is 4.89. The van der Waals surface area contributed by atoms with Crippen LogP contribution < -0.4 is 10.6 Å². The van der Waals surface area contributed by atoms with Crippen molar-refractivity contribution in [2.24, 2.45) is 0 Å². The minimum absolute atomic E-state index is 0.0171. The van der Waals surface area contributed by atoms with Crippen LogP contribution in [0.3, 0.4) is 0 Å². The molecule has 2 aromatic rings. The molecule has 3 unspecified atom stereocenters. The van der Waals surface area contributed by atoms with E-state index in [4.69, 9.17) is 0 Å². The van der Waals surface area contributed by atoms with Crippen molar-refractivity contribution in [1.29, 1.82) is 0 Å². The molecule has 1 fully saturated rings. The predicted octanol–water partition coefficient (Wildman–Crippen LogP) is 4.32. The van der Waals surface area contributed by atoms with Gasteiger partial charge in [-0.3, -0.25) is 0 Å². The van der Waals surface area contributed by atoms with Crippen LogP contribution in [0.5, 0.6) is 0 Å². The first-order valence-electron chi connectivity index (χ1n) is 7.80. The lowest BCUT2D eigenvalue weighted by Gasteiger charge is -2.35. The Bertz CT molecular complexity index is 709. The Labute approximate surface area is 132 Å². The lowest BCUT2D eigenvalue weighted by molar-refractivity contribution is -0.137. The van der Waals surface area contributed by atoms with Crippen LogP contribution in [0.25, 0.3) is 0 Å². The van der Waals surface area contributed by atoms with Crippen molar-refractivity contribution >= 4 is 5.69 Å². The maximum absolute atomic E-state index is 12.7. The van der Waals surface area contributed by atoms with Crippen molar-refractivity contribution in [2.45, 2.75) is 30.6 Å². The van der Waals surface area contributed by atoms with E-state index < -0.39 is 11.7 Å². The second kappa shape index (κ2) is 5.27. The van der Waals surface area contributed by atoms with E-state index in [0.29, 0.717) is 5.92 Å². The molecule has 3 atom stereocenters. The molecule has 2 N–H and O–H groups in total. The smallest absolute Gasteiger partial charge is 0.380 e. The van der Waals surface area contributed by atoms with Crippen LogP contribution in [0, 0.1) is 0 Å². The van der Waals surface area contributed by atoms with Crippen molar-refractivity contribution in [3.05, 3.63) is 65.2 Å². The molecule has 120 valence electrons. The zero-order valence-corrected chi connectivity index (χ0v) is 12.4. The van der Waals surface area contributed by atoms with Gasteiger partial charge in [-0.1, -0.05) is 30.3 Å². The molecule has 2 heterocycles. The summed E-state index contributed by atoms with van der Waals surface area (Å²) in [5.74, 6) is 0.403. The summed E-state index contributed by atoms with van der Waals surface area (Å²) in [6, 6.07) is 14.0. The van der Waals surface area contributed by atoms with Crippen molar-refractivity contribution in [3.63, 3.8) is 0 Å². The highest BCUT2D eigenvalue weighted by atomic mass is 19.4. The van der Waals surface area contributed by atoms with Gasteiger partial charge < -0.3 is 10.6 Å². The largest absolute Gasteiger partial charge is 0.416 e. The van der Waals surface area contributed by atoms with Gasteiger partial charge in [0.2, 0.25) is 0 Å². The van der Waals surface area contributed by atoms with Crippen molar-refractivity contribution < 1.29 is 13.2 Å². The normalized spacial score (nSPS) is 26.3. The molecule has 4 rings (SSSR count).